The van der Waals surface area contributed by atoms with Crippen molar-refractivity contribution in [2.75, 3.05) is 31.1 Å². The molecule has 0 N–H and O–H groups in total. The fraction of sp³-hybridized carbons (Fsp3) is 0.417. The zero-order valence-corrected chi connectivity index (χ0v) is 20.1. The van der Waals surface area contributed by atoms with Crippen LogP contribution in [0.5, 0.6) is 0 Å². The lowest BCUT2D eigenvalue weighted by Crippen LogP contribution is -2.50. The van der Waals surface area contributed by atoms with E-state index >= 15 is 0 Å². The maximum absolute atomic E-state index is 12.7. The summed E-state index contributed by atoms with van der Waals surface area (Å²) < 4.78 is 11.8. The summed E-state index contributed by atoms with van der Waals surface area (Å²) in [6.45, 7) is 10.3. The van der Waals surface area contributed by atoms with Crippen LogP contribution in [0.15, 0.2) is 46.9 Å². The first kappa shape index (κ1) is 23.1. The van der Waals surface area contributed by atoms with Crippen LogP contribution in [0.1, 0.15) is 42.3 Å². The van der Waals surface area contributed by atoms with Crippen molar-refractivity contribution in [3.05, 3.63) is 63.6 Å². The lowest BCUT2D eigenvalue weighted by molar-refractivity contribution is 0.0240. The molecule has 1 heterocycles. The van der Waals surface area contributed by atoms with Gasteiger partial charge in [-0.1, -0.05) is 46.3 Å². The van der Waals surface area contributed by atoms with Gasteiger partial charge in [0, 0.05) is 36.3 Å². The van der Waals surface area contributed by atoms with Crippen molar-refractivity contribution in [1.29, 1.82) is 0 Å². The number of halogens is 1. The molecule has 0 atom stereocenters. The molecule has 0 unspecified atom stereocenters. The first-order valence-corrected chi connectivity index (χ1v) is 11.2. The van der Waals surface area contributed by atoms with Crippen molar-refractivity contribution in [3.63, 3.8) is 0 Å². The van der Waals surface area contributed by atoms with E-state index in [4.69, 9.17) is 9.47 Å². The maximum atomic E-state index is 12.7. The molecular formula is C24H29BrN2O4. The van der Waals surface area contributed by atoms with Gasteiger partial charge in [-0.15, -0.1) is 0 Å². The van der Waals surface area contributed by atoms with Crippen LogP contribution in [0.2, 0.25) is 0 Å². The smallest absolute Gasteiger partial charge is 0.410 e. The van der Waals surface area contributed by atoms with Crippen LogP contribution in [0.3, 0.4) is 0 Å². The van der Waals surface area contributed by atoms with Gasteiger partial charge >= 0.3 is 12.1 Å². The second-order valence-corrected chi connectivity index (χ2v) is 9.47. The van der Waals surface area contributed by atoms with E-state index in [1.165, 1.54) is 0 Å². The van der Waals surface area contributed by atoms with Gasteiger partial charge in [0.15, 0.2) is 0 Å². The van der Waals surface area contributed by atoms with Gasteiger partial charge in [-0.05, 0) is 51.0 Å². The Morgan fingerprint density at radius 1 is 1.03 bits per heavy atom. The molecule has 6 nitrogen and oxygen atoms in total. The fourth-order valence-corrected chi connectivity index (χ4v) is 3.82. The second kappa shape index (κ2) is 9.73. The van der Waals surface area contributed by atoms with Crippen LogP contribution in [0, 0.1) is 6.92 Å². The summed E-state index contributed by atoms with van der Waals surface area (Å²) in [5.41, 5.74) is 2.94. The van der Waals surface area contributed by atoms with E-state index in [1.54, 1.807) is 11.0 Å². The summed E-state index contributed by atoms with van der Waals surface area (Å²) in [5.74, 6) is -0.363. The van der Waals surface area contributed by atoms with E-state index in [1.807, 2.05) is 64.1 Å². The predicted octanol–water partition coefficient (Wildman–Crippen LogP) is 5.17. The van der Waals surface area contributed by atoms with Crippen molar-refractivity contribution >= 4 is 33.7 Å². The van der Waals surface area contributed by atoms with Gasteiger partial charge in [-0.3, -0.25) is 0 Å². The molecule has 0 saturated carbocycles. The van der Waals surface area contributed by atoms with Gasteiger partial charge < -0.3 is 19.3 Å². The van der Waals surface area contributed by atoms with E-state index < -0.39 is 5.60 Å². The van der Waals surface area contributed by atoms with E-state index in [9.17, 15) is 9.59 Å². The molecule has 1 fully saturated rings. The highest BCUT2D eigenvalue weighted by Gasteiger charge is 2.27. The molecule has 31 heavy (non-hydrogen) atoms. The SMILES string of the molecule is Cc1c(Br)cc(C(=O)OCc2ccccc2)cc1N1CCN(C(=O)OC(C)(C)C)CC1. The molecule has 0 radical (unpaired) electrons. The second-order valence-electron chi connectivity index (χ2n) is 8.62. The van der Waals surface area contributed by atoms with Gasteiger partial charge in [0.1, 0.15) is 12.2 Å². The summed E-state index contributed by atoms with van der Waals surface area (Å²) in [6, 6.07) is 13.3. The highest BCUT2D eigenvalue weighted by molar-refractivity contribution is 9.10. The minimum Gasteiger partial charge on any atom is -0.457 e. The highest BCUT2D eigenvalue weighted by Crippen LogP contribution is 2.30. The molecule has 0 spiro atoms. The third-order valence-corrected chi connectivity index (χ3v) is 5.86. The number of hydrogen-bond acceptors (Lipinski definition) is 5. The molecule has 1 aliphatic rings. The Morgan fingerprint density at radius 3 is 2.29 bits per heavy atom. The summed E-state index contributed by atoms with van der Waals surface area (Å²) in [6.07, 6.45) is -0.289. The zero-order chi connectivity index (χ0) is 22.6. The van der Waals surface area contributed by atoms with Crippen LogP contribution in [0.25, 0.3) is 0 Å². The summed E-state index contributed by atoms with van der Waals surface area (Å²) in [4.78, 5) is 28.9. The fourth-order valence-electron chi connectivity index (χ4n) is 3.37. The zero-order valence-electron chi connectivity index (χ0n) is 18.5. The third kappa shape index (κ3) is 6.23. The quantitative estimate of drug-likeness (QED) is 0.555. The normalized spacial score (nSPS) is 14.4. The van der Waals surface area contributed by atoms with Gasteiger partial charge in [0.25, 0.3) is 0 Å². The number of nitrogens with zero attached hydrogens (tertiary/aromatic N) is 2. The van der Waals surface area contributed by atoms with Gasteiger partial charge in [-0.25, -0.2) is 9.59 Å². The molecule has 3 rings (SSSR count). The maximum Gasteiger partial charge on any atom is 0.410 e. The van der Waals surface area contributed by atoms with Crippen LogP contribution in [-0.2, 0) is 16.1 Å². The lowest BCUT2D eigenvalue weighted by atomic mass is 10.1. The summed E-state index contributed by atoms with van der Waals surface area (Å²) in [5, 5.41) is 0. The summed E-state index contributed by atoms with van der Waals surface area (Å²) >= 11 is 3.58. The topological polar surface area (TPSA) is 59.1 Å². The Bertz CT molecular complexity index is 933. The number of carbonyl (C=O) groups excluding carboxylic acids is 2. The van der Waals surface area contributed by atoms with Crippen LogP contribution < -0.4 is 4.90 Å². The van der Waals surface area contributed by atoms with Crippen LogP contribution in [-0.4, -0.2) is 48.7 Å². The average Bonchev–Trinajstić information content (AvgIpc) is 2.73. The molecule has 0 bridgehead atoms. The Hall–Kier alpha value is -2.54. The van der Waals surface area contributed by atoms with Gasteiger partial charge in [0.05, 0.1) is 5.56 Å². The minimum absolute atomic E-state index is 0.231. The Balaban J connectivity index is 1.67. The molecule has 2 aromatic rings. The van der Waals surface area contributed by atoms with E-state index in [-0.39, 0.29) is 18.7 Å². The van der Waals surface area contributed by atoms with Crippen molar-refractivity contribution in [2.45, 2.75) is 39.9 Å². The number of carbonyl (C=O) groups is 2. The Morgan fingerprint density at radius 2 is 1.68 bits per heavy atom. The molecule has 0 aliphatic carbocycles. The Kier molecular flexibility index (Phi) is 7.26. The number of ether oxygens (including phenoxy) is 2. The van der Waals surface area contributed by atoms with Gasteiger partial charge in [0.2, 0.25) is 0 Å². The largest absolute Gasteiger partial charge is 0.457 e. The average molecular weight is 489 g/mol. The van der Waals surface area contributed by atoms with Crippen molar-refractivity contribution < 1.29 is 19.1 Å². The Labute approximate surface area is 192 Å². The van der Waals surface area contributed by atoms with Crippen molar-refractivity contribution in [3.8, 4) is 0 Å². The molecule has 0 aromatic heterocycles. The summed E-state index contributed by atoms with van der Waals surface area (Å²) in [7, 11) is 0. The third-order valence-electron chi connectivity index (χ3n) is 5.04. The van der Waals surface area contributed by atoms with Crippen LogP contribution >= 0.6 is 15.9 Å². The predicted molar refractivity (Wildman–Crippen MR) is 124 cm³/mol. The van der Waals surface area contributed by atoms with Crippen molar-refractivity contribution in [2.24, 2.45) is 0 Å². The van der Waals surface area contributed by atoms with Crippen LogP contribution in [0.4, 0.5) is 10.5 Å². The van der Waals surface area contributed by atoms with E-state index in [0.717, 1.165) is 21.3 Å². The lowest BCUT2D eigenvalue weighted by Gasteiger charge is -2.37. The standard InChI is InChI=1S/C24H29BrN2O4/c1-17-20(25)14-19(22(28)30-16-18-8-6-5-7-9-18)15-21(17)26-10-12-27(13-11-26)23(29)31-24(2,3)4/h5-9,14-15H,10-13,16H2,1-4H3. The van der Waals surface area contributed by atoms with Crippen molar-refractivity contribution in [1.82, 2.24) is 4.90 Å². The first-order valence-electron chi connectivity index (χ1n) is 10.4. The number of benzene rings is 2. The highest BCUT2D eigenvalue weighted by atomic mass is 79.9. The van der Waals surface area contributed by atoms with Gasteiger partial charge in [-0.2, -0.15) is 0 Å². The van der Waals surface area contributed by atoms with E-state index in [0.29, 0.717) is 31.7 Å². The number of anilines is 1. The number of piperazine rings is 1. The molecule has 7 heteroatoms. The first-order chi connectivity index (χ1) is 14.6. The molecule has 1 aliphatic heterocycles. The number of amides is 1. The number of rotatable bonds is 4. The monoisotopic (exact) mass is 488 g/mol. The molecule has 1 saturated heterocycles. The molecular weight excluding hydrogens is 460 g/mol. The molecule has 1 amide bonds. The molecule has 2 aromatic carbocycles. The van der Waals surface area contributed by atoms with E-state index in [2.05, 4.69) is 20.8 Å². The molecule has 166 valence electrons. The number of esters is 1. The number of hydrogen-bond donors (Lipinski definition) is 0. The minimum atomic E-state index is -0.510.